The molecule has 0 saturated carbocycles. The van der Waals surface area contributed by atoms with E-state index in [0.29, 0.717) is 11.1 Å². The first-order valence-electron chi connectivity index (χ1n) is 8.42. The van der Waals surface area contributed by atoms with Crippen LogP contribution in [0.1, 0.15) is 28.7 Å². The van der Waals surface area contributed by atoms with Crippen LogP contribution in [0.3, 0.4) is 0 Å². The summed E-state index contributed by atoms with van der Waals surface area (Å²) in [6, 6.07) is 14.3. The number of primary amides is 1. The molecule has 134 valence electrons. The van der Waals surface area contributed by atoms with Crippen LogP contribution in [0, 0.1) is 13.8 Å². The Morgan fingerprint density at radius 1 is 1.04 bits per heavy atom. The normalized spacial score (nSPS) is 19.5. The predicted octanol–water partition coefficient (Wildman–Crippen LogP) is 1.97. The minimum absolute atomic E-state index is 0.0422. The maximum Gasteiger partial charge on any atom is 0.325 e. The highest BCUT2D eigenvalue weighted by Crippen LogP contribution is 2.36. The SMILES string of the molecule is Cc1ccc([C@@]2(c3ccccc3)NC(=O)N(CCC(N)=O)C2=O)cc1C. The Morgan fingerprint density at radius 2 is 1.73 bits per heavy atom. The average Bonchev–Trinajstić information content (AvgIpc) is 2.87. The Kier molecular flexibility index (Phi) is 4.50. The van der Waals surface area contributed by atoms with Gasteiger partial charge in [0.1, 0.15) is 0 Å². The van der Waals surface area contributed by atoms with Crippen molar-refractivity contribution in [2.45, 2.75) is 25.8 Å². The van der Waals surface area contributed by atoms with Crippen molar-refractivity contribution >= 4 is 17.8 Å². The van der Waals surface area contributed by atoms with E-state index in [1.54, 1.807) is 0 Å². The van der Waals surface area contributed by atoms with Gasteiger partial charge in [-0.1, -0.05) is 48.5 Å². The zero-order valence-corrected chi connectivity index (χ0v) is 14.8. The number of carbonyl (C=O) groups is 3. The van der Waals surface area contributed by atoms with Gasteiger partial charge in [-0.15, -0.1) is 0 Å². The number of hydrogen-bond acceptors (Lipinski definition) is 3. The van der Waals surface area contributed by atoms with Gasteiger partial charge in [-0.25, -0.2) is 4.79 Å². The van der Waals surface area contributed by atoms with Gasteiger partial charge in [-0.05, 0) is 36.1 Å². The zero-order valence-electron chi connectivity index (χ0n) is 14.8. The smallest absolute Gasteiger partial charge is 0.325 e. The number of aryl methyl sites for hydroxylation is 2. The Balaban J connectivity index is 2.14. The molecule has 0 aliphatic carbocycles. The molecule has 2 aromatic carbocycles. The van der Waals surface area contributed by atoms with Gasteiger partial charge in [-0.2, -0.15) is 0 Å². The van der Waals surface area contributed by atoms with Crippen molar-refractivity contribution in [3.63, 3.8) is 0 Å². The molecule has 0 spiro atoms. The second kappa shape index (κ2) is 6.63. The van der Waals surface area contributed by atoms with Crippen LogP contribution in [0.4, 0.5) is 4.79 Å². The van der Waals surface area contributed by atoms with Crippen LogP contribution in [0.5, 0.6) is 0 Å². The average molecular weight is 351 g/mol. The molecule has 3 rings (SSSR count). The molecule has 4 amide bonds. The fourth-order valence-corrected chi connectivity index (χ4v) is 3.22. The van der Waals surface area contributed by atoms with E-state index in [0.717, 1.165) is 16.0 Å². The zero-order chi connectivity index (χ0) is 18.9. The quantitative estimate of drug-likeness (QED) is 0.807. The highest BCUT2D eigenvalue weighted by Gasteiger charge is 2.53. The van der Waals surface area contributed by atoms with E-state index in [4.69, 9.17) is 5.73 Å². The molecule has 3 N–H and O–H groups in total. The summed E-state index contributed by atoms with van der Waals surface area (Å²) in [5, 5.41) is 2.86. The lowest BCUT2D eigenvalue weighted by Gasteiger charge is -2.28. The maximum absolute atomic E-state index is 13.3. The van der Waals surface area contributed by atoms with Gasteiger partial charge in [-0.3, -0.25) is 14.5 Å². The second-order valence-corrected chi connectivity index (χ2v) is 6.52. The molecule has 1 aliphatic rings. The fourth-order valence-electron chi connectivity index (χ4n) is 3.22. The summed E-state index contributed by atoms with van der Waals surface area (Å²) in [5.74, 6) is -0.966. The van der Waals surface area contributed by atoms with Crippen molar-refractivity contribution in [3.8, 4) is 0 Å². The summed E-state index contributed by atoms with van der Waals surface area (Å²) in [7, 11) is 0. The van der Waals surface area contributed by atoms with E-state index in [9.17, 15) is 14.4 Å². The first-order chi connectivity index (χ1) is 12.4. The number of rotatable bonds is 5. The Hall–Kier alpha value is -3.15. The predicted molar refractivity (Wildman–Crippen MR) is 97.2 cm³/mol. The number of urea groups is 1. The van der Waals surface area contributed by atoms with Crippen molar-refractivity contribution in [1.82, 2.24) is 10.2 Å². The van der Waals surface area contributed by atoms with Gasteiger partial charge < -0.3 is 11.1 Å². The molecule has 6 heteroatoms. The van der Waals surface area contributed by atoms with E-state index in [1.807, 2.05) is 62.4 Å². The highest BCUT2D eigenvalue weighted by molar-refractivity contribution is 6.09. The minimum Gasteiger partial charge on any atom is -0.370 e. The third-order valence-electron chi connectivity index (χ3n) is 4.83. The number of hydrogen-bond donors (Lipinski definition) is 2. The Bertz CT molecular complexity index is 879. The summed E-state index contributed by atoms with van der Waals surface area (Å²) in [6.07, 6.45) is -0.0725. The van der Waals surface area contributed by atoms with E-state index >= 15 is 0 Å². The number of imide groups is 1. The Labute approximate surface area is 152 Å². The molecule has 1 fully saturated rings. The topological polar surface area (TPSA) is 92.5 Å². The van der Waals surface area contributed by atoms with Crippen molar-refractivity contribution in [3.05, 3.63) is 70.8 Å². The summed E-state index contributed by atoms with van der Waals surface area (Å²) in [6.45, 7) is 3.91. The monoisotopic (exact) mass is 351 g/mol. The Morgan fingerprint density at radius 3 is 2.35 bits per heavy atom. The largest absolute Gasteiger partial charge is 0.370 e. The molecule has 1 saturated heterocycles. The molecule has 2 aromatic rings. The van der Waals surface area contributed by atoms with Crippen LogP contribution in [-0.2, 0) is 15.1 Å². The lowest BCUT2D eigenvalue weighted by Crippen LogP contribution is -2.45. The number of nitrogens with zero attached hydrogens (tertiary/aromatic N) is 1. The summed E-state index contributed by atoms with van der Waals surface area (Å²) in [4.78, 5) is 38.1. The van der Waals surface area contributed by atoms with Crippen molar-refractivity contribution in [1.29, 1.82) is 0 Å². The molecular formula is C20H21N3O3. The van der Waals surface area contributed by atoms with Gasteiger partial charge >= 0.3 is 6.03 Å². The minimum atomic E-state index is -1.31. The van der Waals surface area contributed by atoms with E-state index < -0.39 is 23.4 Å². The second-order valence-electron chi connectivity index (χ2n) is 6.52. The van der Waals surface area contributed by atoms with Gasteiger partial charge in [0.15, 0.2) is 5.54 Å². The van der Waals surface area contributed by atoms with Crippen molar-refractivity contribution < 1.29 is 14.4 Å². The van der Waals surface area contributed by atoms with Gasteiger partial charge in [0.2, 0.25) is 5.91 Å². The lowest BCUT2D eigenvalue weighted by atomic mass is 9.81. The summed E-state index contributed by atoms with van der Waals surface area (Å²) in [5.41, 5.74) is 7.34. The molecule has 26 heavy (non-hydrogen) atoms. The van der Waals surface area contributed by atoms with E-state index in [2.05, 4.69) is 5.32 Å². The fraction of sp³-hybridized carbons (Fsp3) is 0.250. The molecular weight excluding hydrogens is 330 g/mol. The van der Waals surface area contributed by atoms with Crippen molar-refractivity contribution in [2.75, 3.05) is 6.54 Å². The number of benzene rings is 2. The lowest BCUT2D eigenvalue weighted by molar-refractivity contribution is -0.130. The van der Waals surface area contributed by atoms with Crippen LogP contribution in [0.15, 0.2) is 48.5 Å². The number of nitrogens with two attached hydrogens (primary N) is 1. The molecule has 0 radical (unpaired) electrons. The standard InChI is InChI=1S/C20H21N3O3/c1-13-8-9-16(12-14(13)2)20(15-6-4-3-5-7-15)18(25)23(19(26)22-20)11-10-17(21)24/h3-9,12H,10-11H2,1-2H3,(H2,21,24)(H,22,26)/t20-/m1/s1. The molecule has 1 atom stereocenters. The van der Waals surface area contributed by atoms with E-state index in [-0.39, 0.29) is 13.0 Å². The molecule has 1 heterocycles. The molecule has 0 bridgehead atoms. The summed E-state index contributed by atoms with van der Waals surface area (Å²) >= 11 is 0. The van der Waals surface area contributed by atoms with Crippen molar-refractivity contribution in [2.24, 2.45) is 5.73 Å². The van der Waals surface area contributed by atoms with Gasteiger partial charge in [0.25, 0.3) is 5.91 Å². The first kappa shape index (κ1) is 17.7. The molecule has 0 aromatic heterocycles. The highest BCUT2D eigenvalue weighted by atomic mass is 16.2. The van der Waals surface area contributed by atoms with Crippen LogP contribution in [-0.4, -0.2) is 29.3 Å². The molecule has 6 nitrogen and oxygen atoms in total. The first-order valence-corrected chi connectivity index (χ1v) is 8.42. The maximum atomic E-state index is 13.3. The van der Waals surface area contributed by atoms with Crippen LogP contribution < -0.4 is 11.1 Å². The number of carbonyl (C=O) groups excluding carboxylic acids is 3. The summed E-state index contributed by atoms with van der Waals surface area (Å²) < 4.78 is 0. The molecule has 1 aliphatic heterocycles. The van der Waals surface area contributed by atoms with E-state index in [1.165, 1.54) is 0 Å². The number of amides is 4. The van der Waals surface area contributed by atoms with Gasteiger partial charge in [0, 0.05) is 13.0 Å². The van der Waals surface area contributed by atoms with Gasteiger partial charge in [0.05, 0.1) is 0 Å². The number of nitrogens with one attached hydrogen (secondary N) is 1. The van der Waals surface area contributed by atoms with Crippen LogP contribution in [0.25, 0.3) is 0 Å². The van der Waals surface area contributed by atoms with Crippen LogP contribution >= 0.6 is 0 Å². The van der Waals surface area contributed by atoms with Crippen LogP contribution in [0.2, 0.25) is 0 Å². The third kappa shape index (κ3) is 2.83. The molecule has 0 unspecified atom stereocenters. The third-order valence-corrected chi connectivity index (χ3v) is 4.83.